The predicted molar refractivity (Wildman–Crippen MR) is 71.2 cm³/mol. The second-order valence-electron chi connectivity index (χ2n) is 5.46. The lowest BCUT2D eigenvalue weighted by atomic mass is 9.83. The van der Waals surface area contributed by atoms with Crippen LogP contribution in [0.4, 0.5) is 0 Å². The molecule has 0 saturated heterocycles. The van der Waals surface area contributed by atoms with Crippen LogP contribution in [0.1, 0.15) is 79.1 Å². The fourth-order valence-corrected chi connectivity index (χ4v) is 1.92. The molecule has 0 aliphatic carbocycles. The van der Waals surface area contributed by atoms with Gasteiger partial charge in [-0.25, -0.2) is 0 Å². The van der Waals surface area contributed by atoms with Crippen molar-refractivity contribution in [2.24, 2.45) is 5.41 Å². The van der Waals surface area contributed by atoms with Gasteiger partial charge in [-0.15, -0.1) is 0 Å². The first kappa shape index (κ1) is 14.7. The van der Waals surface area contributed by atoms with E-state index >= 15 is 0 Å². The summed E-state index contributed by atoms with van der Waals surface area (Å²) in [7, 11) is 0. The molecule has 0 heterocycles. The molecule has 0 radical (unpaired) electrons. The summed E-state index contributed by atoms with van der Waals surface area (Å²) in [6.07, 6.45) is 15.6. The monoisotopic (exact) mass is 210 g/mol. The molecular weight excluding hydrogens is 180 g/mol. The third-order valence-corrected chi connectivity index (χ3v) is 3.11. The van der Waals surface area contributed by atoms with Crippen LogP contribution in [0.5, 0.6) is 0 Å². The Balaban J connectivity index is 3.40. The zero-order valence-electron chi connectivity index (χ0n) is 11.3. The number of hydrogen-bond acceptors (Lipinski definition) is 0. The quantitative estimate of drug-likeness (QED) is 0.337. The van der Waals surface area contributed by atoms with Crippen molar-refractivity contribution in [1.82, 2.24) is 0 Å². The molecule has 0 aromatic heterocycles. The van der Waals surface area contributed by atoms with Gasteiger partial charge in [-0.2, -0.15) is 0 Å². The van der Waals surface area contributed by atoms with Gasteiger partial charge < -0.3 is 0 Å². The number of allylic oxidation sites excluding steroid dienone is 2. The zero-order chi connectivity index (χ0) is 11.6. The van der Waals surface area contributed by atoms with Gasteiger partial charge in [0.05, 0.1) is 0 Å². The zero-order valence-corrected chi connectivity index (χ0v) is 11.3. The highest BCUT2D eigenvalue weighted by molar-refractivity contribution is 4.84. The first-order valence-corrected chi connectivity index (χ1v) is 6.73. The van der Waals surface area contributed by atoms with Gasteiger partial charge in [0.15, 0.2) is 0 Å². The minimum Gasteiger partial charge on any atom is -0.0916 e. The highest BCUT2D eigenvalue weighted by atomic mass is 14.2. The van der Waals surface area contributed by atoms with Gasteiger partial charge >= 0.3 is 0 Å². The molecule has 0 fully saturated rings. The van der Waals surface area contributed by atoms with E-state index in [4.69, 9.17) is 0 Å². The Hall–Kier alpha value is -0.260. The molecule has 0 nitrogen and oxygen atoms in total. The molecule has 0 amide bonds. The van der Waals surface area contributed by atoms with Crippen LogP contribution in [0.2, 0.25) is 0 Å². The van der Waals surface area contributed by atoms with Crippen LogP contribution < -0.4 is 0 Å². The van der Waals surface area contributed by atoms with Gasteiger partial charge in [-0.3, -0.25) is 0 Å². The largest absolute Gasteiger partial charge is 0.0916 e. The van der Waals surface area contributed by atoms with Gasteiger partial charge in [0.1, 0.15) is 0 Å². The Labute approximate surface area is 97.2 Å². The van der Waals surface area contributed by atoms with Crippen LogP contribution in [0.15, 0.2) is 12.2 Å². The van der Waals surface area contributed by atoms with E-state index in [1.165, 1.54) is 51.4 Å². The van der Waals surface area contributed by atoms with E-state index in [0.717, 1.165) is 0 Å². The maximum Gasteiger partial charge on any atom is -0.0299 e. The van der Waals surface area contributed by atoms with Crippen molar-refractivity contribution in [3.8, 4) is 0 Å². The molecular formula is C15H30. The smallest absolute Gasteiger partial charge is 0.0299 e. The van der Waals surface area contributed by atoms with Gasteiger partial charge in [0, 0.05) is 0 Å². The summed E-state index contributed by atoms with van der Waals surface area (Å²) < 4.78 is 0. The maximum atomic E-state index is 2.39. The van der Waals surface area contributed by atoms with Crippen LogP contribution in [-0.2, 0) is 0 Å². The molecule has 0 rings (SSSR count). The van der Waals surface area contributed by atoms with Crippen molar-refractivity contribution in [2.75, 3.05) is 0 Å². The Morgan fingerprint density at radius 2 is 1.53 bits per heavy atom. The standard InChI is InChI=1S/C15H30/c1-5-7-9-10-11-12-14-15(3,4)13-8-6-2/h6,8H,5,7,9-14H2,1-4H3. The summed E-state index contributed by atoms with van der Waals surface area (Å²) in [6, 6.07) is 0. The molecule has 0 aromatic rings. The highest BCUT2D eigenvalue weighted by Crippen LogP contribution is 2.28. The van der Waals surface area contributed by atoms with Gasteiger partial charge in [-0.1, -0.05) is 71.4 Å². The molecule has 0 aromatic carbocycles. The maximum absolute atomic E-state index is 2.39. The van der Waals surface area contributed by atoms with Crippen LogP contribution in [0.3, 0.4) is 0 Å². The molecule has 0 heteroatoms. The third kappa shape index (κ3) is 10.0. The number of unbranched alkanes of at least 4 members (excludes halogenated alkanes) is 5. The van der Waals surface area contributed by atoms with E-state index < -0.39 is 0 Å². The molecule has 90 valence electrons. The first-order valence-electron chi connectivity index (χ1n) is 6.73. The van der Waals surface area contributed by atoms with Crippen molar-refractivity contribution in [2.45, 2.75) is 79.1 Å². The molecule has 0 N–H and O–H groups in total. The molecule has 0 spiro atoms. The van der Waals surface area contributed by atoms with Gasteiger partial charge in [0.2, 0.25) is 0 Å². The lowest BCUT2D eigenvalue weighted by molar-refractivity contribution is 0.323. The van der Waals surface area contributed by atoms with E-state index in [1.54, 1.807) is 0 Å². The second kappa shape index (κ2) is 9.00. The molecule has 15 heavy (non-hydrogen) atoms. The normalized spacial score (nSPS) is 12.5. The summed E-state index contributed by atoms with van der Waals surface area (Å²) in [5.41, 5.74) is 0.511. The lowest BCUT2D eigenvalue weighted by Crippen LogP contribution is -2.09. The second-order valence-corrected chi connectivity index (χ2v) is 5.46. The fraction of sp³-hybridized carbons (Fsp3) is 0.867. The van der Waals surface area contributed by atoms with Crippen molar-refractivity contribution in [3.63, 3.8) is 0 Å². The summed E-state index contributed by atoms with van der Waals surface area (Å²) in [4.78, 5) is 0. The summed E-state index contributed by atoms with van der Waals surface area (Å²) >= 11 is 0. The summed E-state index contributed by atoms with van der Waals surface area (Å²) in [6.45, 7) is 9.17. The Morgan fingerprint density at radius 1 is 0.933 bits per heavy atom. The Morgan fingerprint density at radius 3 is 2.13 bits per heavy atom. The van der Waals surface area contributed by atoms with Crippen LogP contribution in [0, 0.1) is 5.41 Å². The molecule has 0 atom stereocenters. The van der Waals surface area contributed by atoms with Crippen LogP contribution >= 0.6 is 0 Å². The van der Waals surface area contributed by atoms with Gasteiger partial charge in [-0.05, 0) is 25.2 Å². The van der Waals surface area contributed by atoms with E-state index in [1.807, 2.05) is 0 Å². The molecule has 0 bridgehead atoms. The molecule has 0 saturated carbocycles. The van der Waals surface area contributed by atoms with Crippen molar-refractivity contribution >= 4 is 0 Å². The van der Waals surface area contributed by atoms with Gasteiger partial charge in [0.25, 0.3) is 0 Å². The van der Waals surface area contributed by atoms with E-state index in [9.17, 15) is 0 Å². The van der Waals surface area contributed by atoms with Crippen molar-refractivity contribution < 1.29 is 0 Å². The average molecular weight is 210 g/mol. The predicted octanol–water partition coefficient (Wildman–Crippen LogP) is 5.73. The minimum atomic E-state index is 0.511. The molecule has 0 unspecified atom stereocenters. The Bertz CT molecular complexity index is 153. The third-order valence-electron chi connectivity index (χ3n) is 3.11. The van der Waals surface area contributed by atoms with Crippen molar-refractivity contribution in [3.05, 3.63) is 12.2 Å². The number of hydrogen-bond donors (Lipinski definition) is 0. The van der Waals surface area contributed by atoms with Crippen molar-refractivity contribution in [1.29, 1.82) is 0 Å². The van der Waals surface area contributed by atoms with E-state index in [2.05, 4.69) is 39.8 Å². The van der Waals surface area contributed by atoms with E-state index in [-0.39, 0.29) is 0 Å². The lowest BCUT2D eigenvalue weighted by Gasteiger charge is -2.22. The summed E-state index contributed by atoms with van der Waals surface area (Å²) in [5.74, 6) is 0. The Kier molecular flexibility index (Phi) is 8.85. The SMILES string of the molecule is CC=CCC(C)(C)CCCCCCCC. The van der Waals surface area contributed by atoms with Crippen LogP contribution in [0.25, 0.3) is 0 Å². The average Bonchev–Trinajstić information content (AvgIpc) is 2.20. The summed E-state index contributed by atoms with van der Waals surface area (Å²) in [5, 5.41) is 0. The topological polar surface area (TPSA) is 0 Å². The molecule has 0 aliphatic heterocycles. The fourth-order valence-electron chi connectivity index (χ4n) is 1.92. The number of rotatable bonds is 9. The first-order chi connectivity index (χ1) is 7.12. The van der Waals surface area contributed by atoms with E-state index in [0.29, 0.717) is 5.41 Å². The highest BCUT2D eigenvalue weighted by Gasteiger charge is 2.14. The molecule has 0 aliphatic rings. The minimum absolute atomic E-state index is 0.511. The van der Waals surface area contributed by atoms with Crippen LogP contribution in [-0.4, -0.2) is 0 Å².